The number of fused-ring (bicyclic) bond motifs is 8. The van der Waals surface area contributed by atoms with Gasteiger partial charge in [0.15, 0.2) is 0 Å². The molecular formula is C45H30N4O. The fraction of sp³-hybridized carbons (Fsp3) is 0.0222. The molecule has 5 heteroatoms. The molecule has 2 aromatic heterocycles. The number of para-hydroxylation sites is 4. The summed E-state index contributed by atoms with van der Waals surface area (Å²) in [6.45, 7) is 0. The first-order chi connectivity index (χ1) is 24.7. The van der Waals surface area contributed by atoms with Gasteiger partial charge in [-0.25, -0.2) is 0 Å². The SMILES string of the molecule is C[n+]1[c-]n(-c2cccc(Oc3cccc(-n4[c-][n+]5c6c(cccc64)-c4ccccc4-c4ccccc4-c4ccccc4-5)c3)c2)c2ccccc21. The van der Waals surface area contributed by atoms with E-state index in [4.69, 9.17) is 4.74 Å². The summed E-state index contributed by atoms with van der Waals surface area (Å²) in [6, 6.07) is 57.3. The summed E-state index contributed by atoms with van der Waals surface area (Å²) in [7, 11) is 2.02. The van der Waals surface area contributed by atoms with Crippen LogP contribution in [0.2, 0.25) is 0 Å². The zero-order valence-electron chi connectivity index (χ0n) is 27.3. The Bertz CT molecular complexity index is 2770. The fourth-order valence-electron chi connectivity index (χ4n) is 7.44. The highest BCUT2D eigenvalue weighted by molar-refractivity contribution is 6.00. The standard InChI is InChI=1S/C45H30N4O/c1-46-29-47(43-25-9-8-24-42(43)46)31-13-10-15-33(27-31)50-34-16-11-14-32(28-34)48-30-49-41-23-7-6-21-39(41)37-19-4-2-17-35(37)36-18-3-5-20-38(36)40-22-12-26-44(48)45(40)49/h2-28H,1H3. The summed E-state index contributed by atoms with van der Waals surface area (Å²) in [5, 5.41) is 0. The van der Waals surface area contributed by atoms with Gasteiger partial charge in [-0.3, -0.25) is 9.13 Å². The lowest BCUT2D eigenvalue weighted by atomic mass is 9.89. The highest BCUT2D eigenvalue weighted by atomic mass is 16.5. The van der Waals surface area contributed by atoms with Crippen molar-refractivity contribution in [3.05, 3.63) is 176 Å². The predicted molar refractivity (Wildman–Crippen MR) is 197 cm³/mol. The Hall–Kier alpha value is -6.72. The molecule has 0 saturated heterocycles. The number of aromatic nitrogens is 4. The van der Waals surface area contributed by atoms with Crippen molar-refractivity contribution in [1.29, 1.82) is 0 Å². The third kappa shape index (κ3) is 4.41. The lowest BCUT2D eigenvalue weighted by molar-refractivity contribution is -0.649. The first kappa shape index (κ1) is 28.3. The molecule has 10 rings (SSSR count). The molecule has 0 atom stereocenters. The van der Waals surface area contributed by atoms with Crippen LogP contribution < -0.4 is 13.9 Å². The Morgan fingerprint density at radius 2 is 0.960 bits per heavy atom. The number of hydrogen-bond acceptors (Lipinski definition) is 1. The molecule has 50 heavy (non-hydrogen) atoms. The molecule has 0 amide bonds. The van der Waals surface area contributed by atoms with Crippen LogP contribution in [0.1, 0.15) is 0 Å². The molecule has 9 aromatic rings. The van der Waals surface area contributed by atoms with Crippen LogP contribution in [0.25, 0.3) is 72.5 Å². The van der Waals surface area contributed by atoms with Crippen molar-refractivity contribution in [3.8, 4) is 61.9 Å². The first-order valence-electron chi connectivity index (χ1n) is 16.8. The maximum Gasteiger partial charge on any atom is 0.269 e. The first-order valence-corrected chi connectivity index (χ1v) is 16.8. The Balaban J connectivity index is 1.12. The average Bonchev–Trinajstić information content (AvgIpc) is 3.74. The summed E-state index contributed by atoms with van der Waals surface area (Å²) < 4.78 is 15.0. The predicted octanol–water partition coefficient (Wildman–Crippen LogP) is 9.38. The second-order valence-electron chi connectivity index (χ2n) is 12.6. The quantitative estimate of drug-likeness (QED) is 0.139. The van der Waals surface area contributed by atoms with E-state index in [1.807, 2.05) is 41.9 Å². The Morgan fingerprint density at radius 1 is 0.460 bits per heavy atom. The number of imidazole rings is 2. The number of nitrogens with zero attached hydrogens (tertiary/aromatic N) is 4. The van der Waals surface area contributed by atoms with Crippen LogP contribution in [0.5, 0.6) is 11.5 Å². The van der Waals surface area contributed by atoms with E-state index < -0.39 is 0 Å². The number of rotatable bonds is 4. The molecule has 0 saturated carbocycles. The number of benzene rings is 7. The van der Waals surface area contributed by atoms with E-state index in [0.717, 1.165) is 61.8 Å². The minimum absolute atomic E-state index is 0.741. The summed E-state index contributed by atoms with van der Waals surface area (Å²) in [5.74, 6) is 1.49. The second kappa shape index (κ2) is 11.2. The van der Waals surface area contributed by atoms with Gasteiger partial charge in [-0.2, -0.15) is 0 Å². The highest BCUT2D eigenvalue weighted by Crippen LogP contribution is 2.43. The van der Waals surface area contributed by atoms with Gasteiger partial charge in [0.25, 0.3) is 6.33 Å². The van der Waals surface area contributed by atoms with Crippen molar-refractivity contribution in [2.45, 2.75) is 0 Å². The molecular weight excluding hydrogens is 613 g/mol. The average molecular weight is 643 g/mol. The van der Waals surface area contributed by atoms with Crippen LogP contribution in [-0.2, 0) is 7.05 Å². The zero-order chi connectivity index (χ0) is 33.2. The lowest BCUT2D eigenvalue weighted by Crippen LogP contribution is -2.30. The molecule has 0 aliphatic carbocycles. The lowest BCUT2D eigenvalue weighted by Gasteiger charge is -2.15. The molecule has 0 fully saturated rings. The topological polar surface area (TPSA) is 26.8 Å². The van der Waals surface area contributed by atoms with Crippen molar-refractivity contribution in [2.75, 3.05) is 0 Å². The van der Waals surface area contributed by atoms with E-state index in [1.54, 1.807) is 0 Å². The van der Waals surface area contributed by atoms with E-state index in [-0.39, 0.29) is 0 Å². The van der Waals surface area contributed by atoms with E-state index >= 15 is 0 Å². The molecule has 5 nitrogen and oxygen atoms in total. The van der Waals surface area contributed by atoms with E-state index in [0.29, 0.717) is 0 Å². The minimum Gasteiger partial charge on any atom is -0.459 e. The summed E-state index contributed by atoms with van der Waals surface area (Å²) in [6.07, 6.45) is 7.19. The third-order valence-electron chi connectivity index (χ3n) is 9.67. The molecule has 7 aromatic carbocycles. The van der Waals surface area contributed by atoms with E-state index in [2.05, 4.69) is 160 Å². The molecule has 3 heterocycles. The Labute approximate surface area is 289 Å². The third-order valence-corrected chi connectivity index (χ3v) is 9.67. The van der Waals surface area contributed by atoms with Gasteiger partial charge in [-0.1, -0.05) is 127 Å². The van der Waals surface area contributed by atoms with Crippen LogP contribution in [0.3, 0.4) is 0 Å². The van der Waals surface area contributed by atoms with Crippen molar-refractivity contribution in [1.82, 2.24) is 9.13 Å². The fourth-order valence-corrected chi connectivity index (χ4v) is 7.44. The van der Waals surface area contributed by atoms with Crippen LogP contribution >= 0.6 is 0 Å². The zero-order valence-corrected chi connectivity index (χ0v) is 27.3. The van der Waals surface area contributed by atoms with Gasteiger partial charge in [-0.15, -0.1) is 0 Å². The Kier molecular flexibility index (Phi) is 6.33. The van der Waals surface area contributed by atoms with Gasteiger partial charge in [0, 0.05) is 0 Å². The van der Waals surface area contributed by atoms with Crippen molar-refractivity contribution in [3.63, 3.8) is 0 Å². The van der Waals surface area contributed by atoms with Gasteiger partial charge in [0.2, 0.25) is 6.33 Å². The van der Waals surface area contributed by atoms with Gasteiger partial charge in [0.05, 0.1) is 46.2 Å². The van der Waals surface area contributed by atoms with Crippen molar-refractivity contribution < 1.29 is 13.9 Å². The summed E-state index contributed by atoms with van der Waals surface area (Å²) in [4.78, 5) is 0. The smallest absolute Gasteiger partial charge is 0.269 e. The van der Waals surface area contributed by atoms with Crippen LogP contribution in [0, 0.1) is 12.7 Å². The Morgan fingerprint density at radius 3 is 1.66 bits per heavy atom. The van der Waals surface area contributed by atoms with E-state index in [1.165, 1.54) is 22.3 Å². The largest absolute Gasteiger partial charge is 0.459 e. The molecule has 0 spiro atoms. The summed E-state index contributed by atoms with van der Waals surface area (Å²) in [5.41, 5.74) is 14.5. The van der Waals surface area contributed by atoms with Crippen molar-refractivity contribution >= 4 is 22.1 Å². The molecule has 236 valence electrons. The van der Waals surface area contributed by atoms with Crippen LogP contribution in [-0.4, -0.2) is 9.13 Å². The van der Waals surface area contributed by atoms with Gasteiger partial charge >= 0.3 is 0 Å². The molecule has 1 aliphatic rings. The number of ether oxygens (including phenoxy) is 1. The van der Waals surface area contributed by atoms with Gasteiger partial charge < -0.3 is 13.9 Å². The normalized spacial score (nSPS) is 11.7. The molecule has 1 aliphatic heterocycles. The summed E-state index contributed by atoms with van der Waals surface area (Å²) >= 11 is 0. The number of hydrogen-bond donors (Lipinski definition) is 0. The maximum absolute atomic E-state index is 6.53. The van der Waals surface area contributed by atoms with Gasteiger partial charge in [-0.05, 0) is 69.8 Å². The van der Waals surface area contributed by atoms with E-state index in [9.17, 15) is 0 Å². The van der Waals surface area contributed by atoms with Crippen LogP contribution in [0.4, 0.5) is 0 Å². The molecule has 0 N–H and O–H groups in total. The molecule has 0 unspecified atom stereocenters. The maximum atomic E-state index is 6.53. The van der Waals surface area contributed by atoms with Gasteiger partial charge in [0.1, 0.15) is 11.5 Å². The molecule has 0 bridgehead atoms. The van der Waals surface area contributed by atoms with Crippen LogP contribution in [0.15, 0.2) is 164 Å². The van der Waals surface area contributed by atoms with Crippen molar-refractivity contribution in [2.24, 2.45) is 7.05 Å². The molecule has 0 radical (unpaired) electrons. The highest BCUT2D eigenvalue weighted by Gasteiger charge is 2.23. The minimum atomic E-state index is 0.741. The second-order valence-corrected chi connectivity index (χ2v) is 12.6. The number of aryl methyl sites for hydroxylation is 1. The monoisotopic (exact) mass is 642 g/mol.